The fourth-order valence-electron chi connectivity index (χ4n) is 0. The molecule has 31 valence electrons. The van der Waals surface area contributed by atoms with Crippen molar-refractivity contribution in [2.75, 3.05) is 0 Å². The summed E-state index contributed by atoms with van der Waals surface area (Å²) in [6.07, 6.45) is 0. The van der Waals surface area contributed by atoms with Crippen LogP contribution >= 0.6 is 0 Å². The molecule has 0 heterocycles. The zero-order valence-electron chi connectivity index (χ0n) is 1.06. The third-order valence-corrected chi connectivity index (χ3v) is 0. The van der Waals surface area contributed by atoms with Crippen LogP contribution in [-0.4, -0.2) is 17.4 Å². The fourth-order valence-corrected chi connectivity index (χ4v) is 0. The van der Waals surface area contributed by atoms with Gasteiger partial charge in [0, 0.05) is 56.8 Å². The van der Waals surface area contributed by atoms with Crippen LogP contribution in [-0.2, 0) is 56.8 Å². The summed E-state index contributed by atoms with van der Waals surface area (Å²) < 4.78 is 0. The molecule has 0 bridgehead atoms. The molecule has 0 nitrogen and oxygen atoms in total. The minimum Gasteiger partial charge on any atom is 0 e. The first-order valence-electron chi connectivity index (χ1n) is 0. The summed E-state index contributed by atoms with van der Waals surface area (Å²) in [5.41, 5.74) is 0. The van der Waals surface area contributed by atoms with Gasteiger partial charge in [-0.1, -0.05) is 0 Å². The van der Waals surface area contributed by atoms with Gasteiger partial charge < -0.3 is 0 Å². The zero-order chi connectivity index (χ0) is 0. The van der Waals surface area contributed by atoms with Crippen molar-refractivity contribution < 1.29 is 56.8 Å². The van der Waals surface area contributed by atoms with E-state index < -0.39 is 0 Å². The second-order valence-corrected chi connectivity index (χ2v) is 0. The normalized spacial score (nSPS) is 0. The van der Waals surface area contributed by atoms with Crippen molar-refractivity contribution in [2.45, 2.75) is 0 Å². The van der Waals surface area contributed by atoms with E-state index in [0.717, 1.165) is 0 Å². The van der Waals surface area contributed by atoms with Crippen molar-refractivity contribution in [3.05, 3.63) is 0 Å². The first kappa shape index (κ1) is 33.2. The molecule has 0 aromatic heterocycles. The molecule has 0 aromatic rings. The Morgan fingerprint density at radius 1 is 1.00 bits per heavy atom. The maximum Gasteiger partial charge on any atom is 0.187 e. The van der Waals surface area contributed by atoms with Crippen LogP contribution in [0.4, 0.5) is 0 Å². The van der Waals surface area contributed by atoms with Gasteiger partial charge in [-0.25, -0.2) is 0 Å². The van der Waals surface area contributed by atoms with Crippen LogP contribution in [0.2, 0.25) is 0 Å². The molecule has 4 heteroatoms. The summed E-state index contributed by atoms with van der Waals surface area (Å²) in [6.45, 7) is 0. The van der Waals surface area contributed by atoms with Crippen molar-refractivity contribution in [1.29, 1.82) is 0 Å². The summed E-state index contributed by atoms with van der Waals surface area (Å²) in [7, 11) is 0. The Kier molecular flexibility index (Phi) is 153. The monoisotopic (exact) mass is 335 g/mol. The van der Waals surface area contributed by atoms with E-state index in [1.165, 1.54) is 0 Å². The second-order valence-electron chi connectivity index (χ2n) is 0. The van der Waals surface area contributed by atoms with E-state index in [2.05, 4.69) is 0 Å². The summed E-state index contributed by atoms with van der Waals surface area (Å²) in [4.78, 5) is 0. The number of rotatable bonds is 0. The standard InChI is InChI=1S/Al.Au.Cr.Fe.3H. The molecular formula is H3AlAuCrFe. The summed E-state index contributed by atoms with van der Waals surface area (Å²) in [6, 6.07) is 0. The topological polar surface area (TPSA) is 0 Å². The van der Waals surface area contributed by atoms with Crippen molar-refractivity contribution in [1.82, 2.24) is 0 Å². The Morgan fingerprint density at radius 3 is 1.00 bits per heavy atom. The smallest absolute Gasteiger partial charge is 0 e. The molecule has 0 saturated heterocycles. The molecule has 0 unspecified atom stereocenters. The minimum atomic E-state index is 0. The quantitative estimate of drug-likeness (QED) is 0.489. The SMILES string of the molecule is [AlH3].[Au].[Cr].[Fe]. The van der Waals surface area contributed by atoms with Crippen LogP contribution in [0.1, 0.15) is 0 Å². The molecule has 0 saturated carbocycles. The predicted molar refractivity (Wildman–Crippen MR) is 9.94 cm³/mol. The molecule has 1 radical (unpaired) electrons. The molecule has 0 aromatic carbocycles. The zero-order valence-corrected chi connectivity index (χ0v) is 5.61. The molecule has 0 N–H and O–H groups in total. The molecule has 0 aliphatic heterocycles. The Morgan fingerprint density at radius 2 is 1.00 bits per heavy atom. The molecule has 0 aliphatic carbocycles. The van der Waals surface area contributed by atoms with Crippen LogP contribution < -0.4 is 0 Å². The van der Waals surface area contributed by atoms with Gasteiger partial charge in [0.05, 0.1) is 0 Å². The first-order chi connectivity index (χ1) is 0. The Hall–Kier alpha value is 2.32. The van der Waals surface area contributed by atoms with Crippen molar-refractivity contribution in [3.8, 4) is 0 Å². The number of hydrogen-bond donors (Lipinski definition) is 0. The van der Waals surface area contributed by atoms with Crippen LogP contribution in [0, 0.1) is 0 Å². The Labute approximate surface area is 73.3 Å². The minimum absolute atomic E-state index is 0. The van der Waals surface area contributed by atoms with Gasteiger partial charge in [-0.2, -0.15) is 0 Å². The molecule has 0 amide bonds. The largest absolute Gasteiger partial charge is 0.187 e. The third kappa shape index (κ3) is 8.85. The molecule has 0 atom stereocenters. The van der Waals surface area contributed by atoms with E-state index in [-0.39, 0.29) is 74.2 Å². The van der Waals surface area contributed by atoms with Crippen LogP contribution in [0.3, 0.4) is 0 Å². The van der Waals surface area contributed by atoms with Crippen LogP contribution in [0.5, 0.6) is 0 Å². The van der Waals surface area contributed by atoms with Crippen molar-refractivity contribution in [3.63, 3.8) is 0 Å². The van der Waals surface area contributed by atoms with Crippen molar-refractivity contribution in [2.24, 2.45) is 0 Å². The van der Waals surface area contributed by atoms with Gasteiger partial charge in [0.1, 0.15) is 0 Å². The Bertz CT molecular complexity index is 8.00. The maximum atomic E-state index is 0. The molecule has 0 rings (SSSR count). The van der Waals surface area contributed by atoms with E-state index in [0.29, 0.717) is 0 Å². The van der Waals surface area contributed by atoms with Crippen LogP contribution in [0.15, 0.2) is 0 Å². The fraction of sp³-hybridized carbons (Fsp3) is 0. The van der Waals surface area contributed by atoms with E-state index >= 15 is 0 Å². The summed E-state index contributed by atoms with van der Waals surface area (Å²) in [5.74, 6) is 0. The van der Waals surface area contributed by atoms with Gasteiger partial charge in [-0.05, 0) is 0 Å². The molecule has 0 spiro atoms. The number of hydrogen-bond acceptors (Lipinski definition) is 0. The summed E-state index contributed by atoms with van der Waals surface area (Å²) in [5, 5.41) is 0. The van der Waals surface area contributed by atoms with Gasteiger partial charge in [0.2, 0.25) is 0 Å². The molecule has 4 heavy (non-hydrogen) atoms. The molecule has 0 aliphatic rings. The van der Waals surface area contributed by atoms with Crippen molar-refractivity contribution >= 4 is 17.4 Å². The van der Waals surface area contributed by atoms with E-state index in [9.17, 15) is 0 Å². The van der Waals surface area contributed by atoms with Gasteiger partial charge in [-0.15, -0.1) is 0 Å². The second kappa shape index (κ2) is 18.4. The predicted octanol–water partition coefficient (Wildman–Crippen LogP) is -1.19. The van der Waals surface area contributed by atoms with E-state index in [1.54, 1.807) is 0 Å². The van der Waals surface area contributed by atoms with Gasteiger partial charge in [0.25, 0.3) is 0 Å². The van der Waals surface area contributed by atoms with Gasteiger partial charge >= 0.3 is 0 Å². The van der Waals surface area contributed by atoms with Gasteiger partial charge in [-0.3, -0.25) is 0 Å². The van der Waals surface area contributed by atoms with E-state index in [1.807, 2.05) is 0 Å². The van der Waals surface area contributed by atoms with E-state index in [4.69, 9.17) is 0 Å². The van der Waals surface area contributed by atoms with Crippen LogP contribution in [0.25, 0.3) is 0 Å². The molecular weight excluding hydrogens is 332 g/mol. The van der Waals surface area contributed by atoms with Gasteiger partial charge in [0.15, 0.2) is 17.4 Å². The summed E-state index contributed by atoms with van der Waals surface area (Å²) >= 11 is 0. The third-order valence-electron chi connectivity index (χ3n) is 0. The maximum absolute atomic E-state index is 0. The average Bonchev–Trinajstić information content (AvgIpc) is 0. The molecule has 0 fully saturated rings. The first-order valence-corrected chi connectivity index (χ1v) is 0. The Balaban J connectivity index is 0. The average molecular weight is 335 g/mol.